The molecule has 116 valence electrons. The van der Waals surface area contributed by atoms with Gasteiger partial charge in [0.2, 0.25) is 0 Å². The average molecular weight is 293 g/mol. The van der Waals surface area contributed by atoms with Gasteiger partial charge in [-0.15, -0.1) is 0 Å². The monoisotopic (exact) mass is 293 g/mol. The van der Waals surface area contributed by atoms with E-state index in [0.29, 0.717) is 12.5 Å². The van der Waals surface area contributed by atoms with Gasteiger partial charge in [0.25, 0.3) is 0 Å². The van der Waals surface area contributed by atoms with Gasteiger partial charge in [-0.3, -0.25) is 4.79 Å². The fraction of sp³-hybridized carbons (Fsp3) is 0.500. The Morgan fingerprint density at radius 1 is 1.10 bits per heavy atom. The molecule has 0 aliphatic heterocycles. The van der Waals surface area contributed by atoms with Crippen LogP contribution in [0, 0.1) is 11.8 Å². The molecule has 0 bridgehead atoms. The van der Waals surface area contributed by atoms with Crippen molar-refractivity contribution in [1.29, 1.82) is 0 Å². The third-order valence-electron chi connectivity index (χ3n) is 3.37. The normalized spacial score (nSPS) is 12.2. The summed E-state index contributed by atoms with van der Waals surface area (Å²) >= 11 is 0. The van der Waals surface area contributed by atoms with Gasteiger partial charge in [-0.05, 0) is 36.6 Å². The Balaban J connectivity index is 2.88. The van der Waals surface area contributed by atoms with Crippen LogP contribution in [0.25, 0.3) is 0 Å². The van der Waals surface area contributed by atoms with Crippen molar-refractivity contribution in [3.63, 3.8) is 0 Å². The van der Waals surface area contributed by atoms with E-state index in [9.17, 15) is 9.59 Å². The highest BCUT2D eigenvalue weighted by Crippen LogP contribution is 2.19. The molecule has 1 aromatic rings. The van der Waals surface area contributed by atoms with Crippen molar-refractivity contribution < 1.29 is 19.8 Å². The first-order valence-corrected chi connectivity index (χ1v) is 7.12. The maximum Gasteiger partial charge on any atom is 0.335 e. The molecule has 5 heteroatoms. The van der Waals surface area contributed by atoms with Crippen LogP contribution in [-0.4, -0.2) is 35.2 Å². The Bertz CT molecular complexity index is 482. The molecule has 5 nitrogen and oxygen atoms in total. The standard InChI is InChI=1S/C16H23NO4/c1-11(2)8-9-17(10-12(3)15(18)19)14-6-4-13(5-7-14)16(20)21/h4-7,11-12H,8-10H2,1-3H3,(H,18,19)(H,20,21). The van der Waals surface area contributed by atoms with Crippen molar-refractivity contribution in [2.45, 2.75) is 27.2 Å². The Hall–Kier alpha value is -2.04. The fourth-order valence-electron chi connectivity index (χ4n) is 1.96. The summed E-state index contributed by atoms with van der Waals surface area (Å²) in [5.74, 6) is -1.75. The molecule has 0 radical (unpaired) electrons. The van der Waals surface area contributed by atoms with Crippen molar-refractivity contribution in [2.24, 2.45) is 11.8 Å². The van der Waals surface area contributed by atoms with Crippen LogP contribution in [0.15, 0.2) is 24.3 Å². The van der Waals surface area contributed by atoms with Gasteiger partial charge in [0, 0.05) is 18.8 Å². The van der Waals surface area contributed by atoms with Gasteiger partial charge in [0.1, 0.15) is 0 Å². The summed E-state index contributed by atoms with van der Waals surface area (Å²) in [5.41, 5.74) is 1.09. The van der Waals surface area contributed by atoms with Crippen LogP contribution >= 0.6 is 0 Å². The number of carboxylic acid groups (broad SMARTS) is 2. The van der Waals surface area contributed by atoms with Gasteiger partial charge >= 0.3 is 11.9 Å². The molecule has 21 heavy (non-hydrogen) atoms. The number of aliphatic carboxylic acids is 1. The Morgan fingerprint density at radius 3 is 2.10 bits per heavy atom. The summed E-state index contributed by atoms with van der Waals surface area (Å²) in [6, 6.07) is 6.56. The van der Waals surface area contributed by atoms with Crippen LogP contribution in [0.3, 0.4) is 0 Å². The molecule has 0 aliphatic rings. The van der Waals surface area contributed by atoms with Crippen molar-refractivity contribution in [3.05, 3.63) is 29.8 Å². The van der Waals surface area contributed by atoms with E-state index in [1.54, 1.807) is 31.2 Å². The van der Waals surface area contributed by atoms with Gasteiger partial charge in [0.05, 0.1) is 11.5 Å². The highest BCUT2D eigenvalue weighted by atomic mass is 16.4. The van der Waals surface area contributed by atoms with Crippen LogP contribution in [0.5, 0.6) is 0 Å². The average Bonchev–Trinajstić information content (AvgIpc) is 2.42. The fourth-order valence-corrected chi connectivity index (χ4v) is 1.96. The number of aromatic carboxylic acids is 1. The van der Waals surface area contributed by atoms with Crippen molar-refractivity contribution in [3.8, 4) is 0 Å². The minimum atomic E-state index is -0.964. The number of nitrogens with zero attached hydrogens (tertiary/aromatic N) is 1. The van der Waals surface area contributed by atoms with E-state index in [1.807, 2.05) is 4.90 Å². The number of anilines is 1. The maximum absolute atomic E-state index is 11.0. The number of carbonyl (C=O) groups is 2. The van der Waals surface area contributed by atoms with E-state index >= 15 is 0 Å². The first-order valence-electron chi connectivity index (χ1n) is 7.12. The quantitative estimate of drug-likeness (QED) is 0.770. The lowest BCUT2D eigenvalue weighted by Gasteiger charge is -2.27. The summed E-state index contributed by atoms with van der Waals surface area (Å²) in [4.78, 5) is 23.9. The molecule has 0 spiro atoms. The highest BCUT2D eigenvalue weighted by Gasteiger charge is 2.17. The van der Waals surface area contributed by atoms with Crippen LogP contribution in [0.2, 0.25) is 0 Å². The van der Waals surface area contributed by atoms with Gasteiger partial charge in [0.15, 0.2) is 0 Å². The Kier molecular flexibility index (Phi) is 6.21. The predicted octanol–water partition coefficient (Wildman–Crippen LogP) is 2.96. The number of carboxylic acids is 2. The van der Waals surface area contributed by atoms with E-state index in [4.69, 9.17) is 10.2 Å². The largest absolute Gasteiger partial charge is 0.481 e. The molecule has 0 aromatic heterocycles. The SMILES string of the molecule is CC(C)CCN(CC(C)C(=O)O)c1ccc(C(=O)O)cc1. The second kappa shape index (κ2) is 7.67. The zero-order valence-corrected chi connectivity index (χ0v) is 12.7. The molecule has 0 fully saturated rings. The molecular formula is C16H23NO4. The molecule has 1 atom stereocenters. The molecule has 0 heterocycles. The number of benzene rings is 1. The lowest BCUT2D eigenvalue weighted by Crippen LogP contribution is -2.33. The van der Waals surface area contributed by atoms with Crippen LogP contribution in [0.1, 0.15) is 37.6 Å². The lowest BCUT2D eigenvalue weighted by molar-refractivity contribution is -0.140. The molecule has 0 saturated carbocycles. The number of rotatable bonds is 8. The topological polar surface area (TPSA) is 77.8 Å². The predicted molar refractivity (Wildman–Crippen MR) is 81.9 cm³/mol. The molecule has 1 unspecified atom stereocenters. The first kappa shape index (κ1) is 17.0. The second-order valence-corrected chi connectivity index (χ2v) is 5.72. The van der Waals surface area contributed by atoms with E-state index in [0.717, 1.165) is 18.7 Å². The van der Waals surface area contributed by atoms with E-state index in [-0.39, 0.29) is 5.56 Å². The van der Waals surface area contributed by atoms with Crippen LogP contribution in [-0.2, 0) is 4.79 Å². The van der Waals surface area contributed by atoms with Gasteiger partial charge in [-0.1, -0.05) is 20.8 Å². The van der Waals surface area contributed by atoms with Crippen LogP contribution < -0.4 is 4.90 Å². The second-order valence-electron chi connectivity index (χ2n) is 5.72. The molecule has 0 amide bonds. The summed E-state index contributed by atoms with van der Waals surface area (Å²) in [7, 11) is 0. The van der Waals surface area contributed by atoms with E-state index in [1.165, 1.54) is 0 Å². The summed E-state index contributed by atoms with van der Waals surface area (Å²) < 4.78 is 0. The molecule has 2 N–H and O–H groups in total. The maximum atomic E-state index is 11.0. The van der Waals surface area contributed by atoms with Gasteiger partial charge in [-0.2, -0.15) is 0 Å². The zero-order chi connectivity index (χ0) is 16.0. The smallest absolute Gasteiger partial charge is 0.335 e. The van der Waals surface area contributed by atoms with Crippen molar-refractivity contribution in [1.82, 2.24) is 0 Å². The molecule has 0 aliphatic carbocycles. The van der Waals surface area contributed by atoms with Crippen molar-refractivity contribution in [2.75, 3.05) is 18.0 Å². The number of hydrogen-bond donors (Lipinski definition) is 2. The Labute approximate surface area is 125 Å². The van der Waals surface area contributed by atoms with Crippen LogP contribution in [0.4, 0.5) is 5.69 Å². The summed E-state index contributed by atoms with van der Waals surface area (Å²) in [6.07, 6.45) is 0.951. The van der Waals surface area contributed by atoms with Gasteiger partial charge in [-0.25, -0.2) is 4.79 Å². The third kappa shape index (κ3) is 5.45. The molecule has 1 rings (SSSR count). The minimum Gasteiger partial charge on any atom is -0.481 e. The summed E-state index contributed by atoms with van der Waals surface area (Å²) in [6.45, 7) is 7.07. The lowest BCUT2D eigenvalue weighted by atomic mass is 10.1. The highest BCUT2D eigenvalue weighted by molar-refractivity contribution is 5.88. The van der Waals surface area contributed by atoms with Crippen molar-refractivity contribution >= 4 is 17.6 Å². The van der Waals surface area contributed by atoms with Gasteiger partial charge < -0.3 is 15.1 Å². The zero-order valence-electron chi connectivity index (χ0n) is 12.7. The minimum absolute atomic E-state index is 0.230. The van der Waals surface area contributed by atoms with E-state index in [2.05, 4.69) is 13.8 Å². The molecule has 0 saturated heterocycles. The molecule has 1 aromatic carbocycles. The first-order chi connectivity index (χ1) is 9.81. The molecular weight excluding hydrogens is 270 g/mol. The van der Waals surface area contributed by atoms with E-state index < -0.39 is 17.9 Å². The Morgan fingerprint density at radius 2 is 1.67 bits per heavy atom. The summed E-state index contributed by atoms with van der Waals surface area (Å²) in [5, 5.41) is 18.0. The number of hydrogen-bond acceptors (Lipinski definition) is 3. The third-order valence-corrected chi connectivity index (χ3v) is 3.37.